The highest BCUT2D eigenvalue weighted by molar-refractivity contribution is 5.84. The first-order valence-corrected chi connectivity index (χ1v) is 17.2. The summed E-state index contributed by atoms with van der Waals surface area (Å²) < 4.78 is -0.0597. The molecule has 2 unspecified atom stereocenters. The highest BCUT2D eigenvalue weighted by atomic mass is 16.7. The Morgan fingerprint density at radius 1 is 0.938 bits per heavy atom. The Balaban J connectivity index is 1.27. The Labute approximate surface area is 283 Å². The summed E-state index contributed by atoms with van der Waals surface area (Å²) in [5, 5.41) is 31.1. The zero-order chi connectivity index (χ0) is 33.9. The molecule has 1 saturated heterocycles. The molecule has 2 aliphatic rings. The van der Waals surface area contributed by atoms with Crippen LogP contribution in [0.1, 0.15) is 62.8 Å². The van der Waals surface area contributed by atoms with E-state index in [0.29, 0.717) is 31.6 Å². The van der Waals surface area contributed by atoms with Crippen molar-refractivity contribution in [3.05, 3.63) is 114 Å². The van der Waals surface area contributed by atoms with Gasteiger partial charge in [0.05, 0.1) is 12.1 Å². The van der Waals surface area contributed by atoms with E-state index < -0.39 is 35.7 Å². The van der Waals surface area contributed by atoms with Gasteiger partial charge in [-0.3, -0.25) is 9.59 Å². The van der Waals surface area contributed by atoms with E-state index in [1.165, 1.54) is 0 Å². The van der Waals surface area contributed by atoms with Crippen LogP contribution in [0.25, 0.3) is 10.8 Å². The molecule has 0 bridgehead atoms. The van der Waals surface area contributed by atoms with E-state index in [0.717, 1.165) is 33.9 Å². The minimum absolute atomic E-state index is 0.0597. The van der Waals surface area contributed by atoms with Crippen molar-refractivity contribution in [2.75, 3.05) is 13.1 Å². The molecule has 4 aromatic rings. The van der Waals surface area contributed by atoms with Crippen LogP contribution in [-0.4, -0.2) is 63.6 Å². The number of hydrogen-bond donors (Lipinski definition) is 4. The average molecular weight is 651 g/mol. The number of likely N-dealkylation sites (tertiary alicyclic amines) is 1. The highest BCUT2D eigenvalue weighted by Gasteiger charge is 2.51. The van der Waals surface area contributed by atoms with Crippen molar-refractivity contribution in [3.8, 4) is 5.75 Å². The molecule has 252 valence electrons. The number of aliphatic hydroxyl groups is 2. The summed E-state index contributed by atoms with van der Waals surface area (Å²) in [6.07, 6.45) is 0.785. The molecule has 8 nitrogen and oxygen atoms in total. The monoisotopic (exact) mass is 650 g/mol. The molecule has 1 heterocycles. The second kappa shape index (κ2) is 14.1. The molecule has 1 aliphatic carbocycles. The van der Waals surface area contributed by atoms with E-state index in [9.17, 15) is 19.8 Å². The van der Waals surface area contributed by atoms with E-state index in [4.69, 9.17) is 4.84 Å². The van der Waals surface area contributed by atoms with Crippen LogP contribution in [0.2, 0.25) is 0 Å². The van der Waals surface area contributed by atoms with Crippen LogP contribution < -0.4 is 15.5 Å². The minimum Gasteiger partial charge on any atom is -0.390 e. The lowest BCUT2D eigenvalue weighted by Crippen LogP contribution is -2.63. The SMILES string of the molecule is CC(C)(C)NC(=O)C1CCC[N+]1(C[C@@H](O)C[C@@H](Cc1ccccc1)C(=O)N[C@H]1c2ccccc2C[C@H]1O)Oc1ccc2ccccc2c1. The van der Waals surface area contributed by atoms with E-state index in [1.54, 1.807) is 0 Å². The third-order valence-electron chi connectivity index (χ3n) is 9.67. The number of benzene rings is 4. The van der Waals surface area contributed by atoms with Gasteiger partial charge in [0.25, 0.3) is 5.91 Å². The third kappa shape index (κ3) is 7.73. The van der Waals surface area contributed by atoms with Gasteiger partial charge in [0.1, 0.15) is 19.2 Å². The molecule has 48 heavy (non-hydrogen) atoms. The number of hydrogen-bond acceptors (Lipinski definition) is 5. The lowest BCUT2D eigenvalue weighted by atomic mass is 9.91. The van der Waals surface area contributed by atoms with Crippen molar-refractivity contribution in [2.24, 2.45) is 5.92 Å². The lowest BCUT2D eigenvalue weighted by Gasteiger charge is -2.39. The van der Waals surface area contributed by atoms with Crippen LogP contribution in [0.5, 0.6) is 5.75 Å². The van der Waals surface area contributed by atoms with Gasteiger partial charge in [-0.25, -0.2) is 0 Å². The van der Waals surface area contributed by atoms with Crippen LogP contribution in [-0.2, 0) is 22.4 Å². The second-order valence-corrected chi connectivity index (χ2v) is 14.6. The molecule has 4 N–H and O–H groups in total. The molecule has 0 radical (unpaired) electrons. The van der Waals surface area contributed by atoms with Crippen LogP contribution in [0.15, 0.2) is 97.1 Å². The molecule has 1 fully saturated rings. The smallest absolute Gasteiger partial charge is 0.282 e. The minimum atomic E-state index is -0.950. The van der Waals surface area contributed by atoms with E-state index >= 15 is 0 Å². The van der Waals surface area contributed by atoms with Crippen LogP contribution >= 0.6 is 0 Å². The maximum absolute atomic E-state index is 14.0. The Morgan fingerprint density at radius 3 is 2.42 bits per heavy atom. The second-order valence-electron chi connectivity index (χ2n) is 14.6. The van der Waals surface area contributed by atoms with Gasteiger partial charge in [0.2, 0.25) is 11.9 Å². The predicted octanol–water partition coefficient (Wildman–Crippen LogP) is 5.41. The van der Waals surface area contributed by atoms with Crippen LogP contribution in [0, 0.1) is 5.92 Å². The van der Waals surface area contributed by atoms with Gasteiger partial charge in [-0.05, 0) is 73.2 Å². The first-order valence-electron chi connectivity index (χ1n) is 17.2. The number of nitrogens with zero attached hydrogens (tertiary/aromatic N) is 1. The van der Waals surface area contributed by atoms with Crippen molar-refractivity contribution in [1.29, 1.82) is 0 Å². The Hall–Kier alpha value is -4.24. The number of hydroxylamine groups is 3. The van der Waals surface area contributed by atoms with Gasteiger partial charge in [-0.1, -0.05) is 84.9 Å². The van der Waals surface area contributed by atoms with Gasteiger partial charge in [0, 0.05) is 30.7 Å². The Bertz CT molecular complexity index is 1740. The van der Waals surface area contributed by atoms with Gasteiger partial charge in [-0.15, -0.1) is 4.65 Å². The number of quaternary nitrogens is 1. The summed E-state index contributed by atoms with van der Waals surface area (Å²) in [4.78, 5) is 34.6. The molecule has 0 aromatic heterocycles. The Morgan fingerprint density at radius 2 is 1.65 bits per heavy atom. The molecule has 4 aromatic carbocycles. The Kier molecular flexibility index (Phi) is 9.88. The highest BCUT2D eigenvalue weighted by Crippen LogP contribution is 2.35. The van der Waals surface area contributed by atoms with Crippen LogP contribution in [0.3, 0.4) is 0 Å². The summed E-state index contributed by atoms with van der Waals surface area (Å²) in [6, 6.07) is 30.5. The van der Waals surface area contributed by atoms with Crippen molar-refractivity contribution in [1.82, 2.24) is 10.6 Å². The normalized spacial score (nSPS) is 23.3. The molecular formula is C40H48N3O5+. The van der Waals surface area contributed by atoms with E-state index in [-0.39, 0.29) is 29.4 Å². The van der Waals surface area contributed by atoms with Gasteiger partial charge >= 0.3 is 0 Å². The molecule has 6 atom stereocenters. The number of carbonyl (C=O) groups is 2. The van der Waals surface area contributed by atoms with Crippen molar-refractivity contribution in [2.45, 2.75) is 82.7 Å². The fraction of sp³-hybridized carbons (Fsp3) is 0.400. The number of fused-ring (bicyclic) bond motifs is 2. The topological polar surface area (TPSA) is 108 Å². The summed E-state index contributed by atoms with van der Waals surface area (Å²) >= 11 is 0. The fourth-order valence-corrected chi connectivity index (χ4v) is 7.50. The number of aliphatic hydroxyl groups excluding tert-OH is 2. The van der Waals surface area contributed by atoms with Crippen LogP contribution in [0.4, 0.5) is 0 Å². The first-order chi connectivity index (χ1) is 23.0. The summed E-state index contributed by atoms with van der Waals surface area (Å²) in [5.41, 5.74) is 2.51. The molecule has 6 rings (SSSR count). The maximum Gasteiger partial charge on any atom is 0.282 e. The molecule has 8 heteroatoms. The van der Waals surface area contributed by atoms with Gasteiger partial charge in [-0.2, -0.15) is 0 Å². The maximum atomic E-state index is 14.0. The van der Waals surface area contributed by atoms with Gasteiger partial charge < -0.3 is 25.7 Å². The number of rotatable bonds is 11. The quantitative estimate of drug-likeness (QED) is 0.163. The standard InChI is InChI=1S/C40H47N3O5/c1-40(2,3)42-39(47)35-18-11-21-43(35,48-33-20-19-28-14-7-8-15-29(28)24-33)26-32(44)23-31(22-27-12-5-4-6-13-27)38(46)41-37-34-17-10-9-16-30(34)25-36(37)45/h4-10,12-17,19-20,24,31-32,35-37,44-45H,11,18,21-23,25-26H2,1-3H3,(H-,41,42,46,47)/p+1/t31-,32+,35?,36-,37+,43?/m1/s1. The largest absolute Gasteiger partial charge is 0.390 e. The molecule has 0 saturated carbocycles. The number of amides is 2. The van der Waals surface area contributed by atoms with Crippen molar-refractivity contribution >= 4 is 22.6 Å². The molecule has 0 spiro atoms. The summed E-state index contributed by atoms with van der Waals surface area (Å²) in [5.74, 6) is -0.277. The lowest BCUT2D eigenvalue weighted by molar-refractivity contribution is -1.08. The predicted molar refractivity (Wildman–Crippen MR) is 187 cm³/mol. The van der Waals surface area contributed by atoms with Gasteiger partial charge in [0.15, 0.2) is 5.75 Å². The van der Waals surface area contributed by atoms with E-state index in [1.807, 2.05) is 118 Å². The van der Waals surface area contributed by atoms with Crippen molar-refractivity contribution < 1.29 is 29.3 Å². The average Bonchev–Trinajstić information content (AvgIpc) is 3.60. The summed E-state index contributed by atoms with van der Waals surface area (Å²) in [6.45, 7) is 6.56. The zero-order valence-electron chi connectivity index (χ0n) is 28.1. The van der Waals surface area contributed by atoms with Crippen molar-refractivity contribution in [3.63, 3.8) is 0 Å². The summed E-state index contributed by atoms with van der Waals surface area (Å²) in [7, 11) is 0. The first kappa shape index (κ1) is 33.7. The third-order valence-corrected chi connectivity index (χ3v) is 9.67. The number of carbonyl (C=O) groups excluding carboxylic acids is 2. The molecule has 2 amide bonds. The van der Waals surface area contributed by atoms with E-state index in [2.05, 4.69) is 10.6 Å². The molecule has 1 aliphatic heterocycles. The number of nitrogens with one attached hydrogen (secondary N) is 2. The fourth-order valence-electron chi connectivity index (χ4n) is 7.50. The molecular weight excluding hydrogens is 602 g/mol. The zero-order valence-corrected chi connectivity index (χ0v) is 28.1.